The van der Waals surface area contributed by atoms with E-state index in [0.29, 0.717) is 29.9 Å². The highest BCUT2D eigenvalue weighted by molar-refractivity contribution is 6.31. The van der Waals surface area contributed by atoms with Crippen molar-refractivity contribution in [1.29, 1.82) is 0 Å². The summed E-state index contributed by atoms with van der Waals surface area (Å²) in [6.45, 7) is 1.04. The van der Waals surface area contributed by atoms with E-state index >= 15 is 4.39 Å². The van der Waals surface area contributed by atoms with Crippen LogP contribution < -0.4 is 25.3 Å². The third-order valence-electron chi connectivity index (χ3n) is 5.73. The minimum absolute atomic E-state index is 0.123. The Labute approximate surface area is 194 Å². The van der Waals surface area contributed by atoms with Crippen molar-refractivity contribution >= 4 is 17.5 Å². The lowest BCUT2D eigenvalue weighted by Gasteiger charge is -2.32. The van der Waals surface area contributed by atoms with E-state index < -0.39 is 29.5 Å². The average molecular weight is 482 g/mol. The first-order valence-electron chi connectivity index (χ1n) is 10.4. The van der Waals surface area contributed by atoms with Crippen molar-refractivity contribution in [3.05, 3.63) is 46.2 Å². The lowest BCUT2D eigenvalue weighted by Crippen LogP contribution is -2.39. The molecule has 2 atom stereocenters. The summed E-state index contributed by atoms with van der Waals surface area (Å²) in [6, 6.07) is 5.77. The molecular weight excluding hydrogens is 457 g/mol. The van der Waals surface area contributed by atoms with Gasteiger partial charge in [0, 0.05) is 24.0 Å². The van der Waals surface area contributed by atoms with Crippen LogP contribution >= 0.6 is 11.6 Å². The quantitative estimate of drug-likeness (QED) is 0.439. The molecule has 11 heteroatoms. The van der Waals surface area contributed by atoms with Gasteiger partial charge in [0.05, 0.1) is 25.3 Å². The van der Waals surface area contributed by atoms with Gasteiger partial charge < -0.3 is 35.5 Å². The molecule has 1 aromatic heterocycles. The maximum Gasteiger partial charge on any atom is 0.267 e. The lowest BCUT2D eigenvalue weighted by molar-refractivity contribution is -0.0944. The average Bonchev–Trinajstić information content (AvgIpc) is 3.06. The summed E-state index contributed by atoms with van der Waals surface area (Å²) >= 11 is 6.08. The van der Waals surface area contributed by atoms with Gasteiger partial charge in [-0.1, -0.05) is 11.6 Å². The lowest BCUT2D eigenvalue weighted by atomic mass is 9.92. The van der Waals surface area contributed by atoms with Gasteiger partial charge in [-0.25, -0.2) is 9.37 Å². The number of methoxy groups -OCH3 is 1. The van der Waals surface area contributed by atoms with Gasteiger partial charge in [0.15, 0.2) is 22.4 Å². The van der Waals surface area contributed by atoms with E-state index in [1.807, 2.05) is 0 Å². The summed E-state index contributed by atoms with van der Waals surface area (Å²) in [6.07, 6.45) is 0.557. The molecule has 2 unspecified atom stereocenters. The molecule has 0 radical (unpaired) electrons. The van der Waals surface area contributed by atoms with Crippen LogP contribution in [0.3, 0.4) is 0 Å². The first kappa shape index (κ1) is 23.5. The van der Waals surface area contributed by atoms with Gasteiger partial charge in [-0.2, -0.15) is 0 Å². The second kappa shape index (κ2) is 8.60. The van der Waals surface area contributed by atoms with Crippen LogP contribution in [0.1, 0.15) is 41.4 Å². The number of carbonyl (C=O) groups is 1. The zero-order chi connectivity index (χ0) is 24.0. The Kier molecular flexibility index (Phi) is 6.12. The highest BCUT2D eigenvalue weighted by Gasteiger charge is 2.39. The summed E-state index contributed by atoms with van der Waals surface area (Å²) in [5, 5.41) is 22.0. The van der Waals surface area contributed by atoms with E-state index in [9.17, 15) is 15.0 Å². The van der Waals surface area contributed by atoms with Crippen LogP contribution in [0.2, 0.25) is 5.15 Å². The number of aliphatic hydroxyl groups is 2. The van der Waals surface area contributed by atoms with Gasteiger partial charge in [-0.3, -0.25) is 4.79 Å². The third-order valence-corrected chi connectivity index (χ3v) is 5.98. The van der Waals surface area contributed by atoms with E-state index in [0.717, 1.165) is 0 Å². The number of alkyl halides is 1. The number of carbonyl (C=O) groups excluding carboxylic acids is 1. The number of fused-ring (bicyclic) bond motifs is 1. The predicted molar refractivity (Wildman–Crippen MR) is 116 cm³/mol. The molecule has 2 aliphatic rings. The molecule has 9 nitrogen and oxygen atoms in total. The maximum atomic E-state index is 15.1. The van der Waals surface area contributed by atoms with E-state index in [1.54, 1.807) is 13.0 Å². The molecule has 1 amide bonds. The van der Waals surface area contributed by atoms with Crippen LogP contribution in [0, 0.1) is 0 Å². The fraction of sp³-hybridized carbons (Fsp3) is 0.455. The standard InChI is InChI=1S/C22H25ClFN3O6/c1-21(25)10-32-18-14(21)8-17(27-19(18)23)22(24,30)9-26-20(29)11-3-4-15(16(5-11)31-2)33-13-6-12(28)7-13/h3-5,8,12-13,28,30H,6-7,9-10,25H2,1-2H3,(H,26,29). The van der Waals surface area contributed by atoms with Crippen molar-refractivity contribution in [1.82, 2.24) is 10.3 Å². The smallest absolute Gasteiger partial charge is 0.267 e. The molecule has 1 aliphatic carbocycles. The number of nitrogens with zero attached hydrogens (tertiary/aromatic N) is 1. The zero-order valence-corrected chi connectivity index (χ0v) is 18.9. The number of aromatic nitrogens is 1. The Bertz CT molecular complexity index is 1070. The first-order chi connectivity index (χ1) is 15.5. The van der Waals surface area contributed by atoms with Crippen LogP contribution in [0.5, 0.6) is 17.2 Å². The molecule has 0 bridgehead atoms. The minimum Gasteiger partial charge on any atom is -0.493 e. The second-order valence-corrected chi connectivity index (χ2v) is 8.91. The second-order valence-electron chi connectivity index (χ2n) is 8.55. The van der Waals surface area contributed by atoms with Gasteiger partial charge in [-0.05, 0) is 31.2 Å². The third kappa shape index (κ3) is 4.70. The van der Waals surface area contributed by atoms with Crippen molar-refractivity contribution in [2.45, 2.75) is 43.4 Å². The molecule has 1 fully saturated rings. The molecule has 2 aromatic rings. The van der Waals surface area contributed by atoms with E-state index in [4.69, 9.17) is 31.5 Å². The molecule has 1 aliphatic heterocycles. The molecule has 2 heterocycles. The van der Waals surface area contributed by atoms with Gasteiger partial charge in [0.1, 0.15) is 18.4 Å². The number of aliphatic hydroxyl groups excluding tert-OH is 1. The Hall–Kier alpha value is -2.66. The number of halogens is 2. The summed E-state index contributed by atoms with van der Waals surface area (Å²) in [4.78, 5) is 16.5. The van der Waals surface area contributed by atoms with E-state index in [1.165, 1.54) is 25.3 Å². The Morgan fingerprint density at radius 3 is 2.82 bits per heavy atom. The molecule has 0 saturated heterocycles. The van der Waals surface area contributed by atoms with Gasteiger partial charge >= 0.3 is 0 Å². The maximum absolute atomic E-state index is 15.1. The van der Waals surface area contributed by atoms with Crippen LogP contribution in [0.15, 0.2) is 24.3 Å². The van der Waals surface area contributed by atoms with E-state index in [2.05, 4.69) is 10.3 Å². The molecule has 4 rings (SSSR count). The van der Waals surface area contributed by atoms with E-state index in [-0.39, 0.29) is 35.3 Å². The van der Waals surface area contributed by atoms with Gasteiger partial charge in [0.2, 0.25) is 0 Å². The largest absolute Gasteiger partial charge is 0.493 e. The first-order valence-corrected chi connectivity index (χ1v) is 10.7. The topological polar surface area (TPSA) is 136 Å². The zero-order valence-electron chi connectivity index (χ0n) is 18.1. The van der Waals surface area contributed by atoms with Crippen molar-refractivity contribution in [2.75, 3.05) is 20.3 Å². The number of hydrogen-bond acceptors (Lipinski definition) is 8. The Morgan fingerprint density at radius 2 is 2.15 bits per heavy atom. The number of hydrogen-bond donors (Lipinski definition) is 4. The monoisotopic (exact) mass is 481 g/mol. The Morgan fingerprint density at radius 1 is 1.42 bits per heavy atom. The van der Waals surface area contributed by atoms with Crippen molar-refractivity contribution in [3.63, 3.8) is 0 Å². The summed E-state index contributed by atoms with van der Waals surface area (Å²) in [5.41, 5.74) is 5.41. The molecule has 1 aromatic carbocycles. The highest BCUT2D eigenvalue weighted by Crippen LogP contribution is 2.41. The minimum atomic E-state index is -3.01. The molecule has 33 heavy (non-hydrogen) atoms. The SMILES string of the molecule is COc1cc(C(=O)NCC(O)(F)c2cc3c(c(Cl)n2)OCC3(C)N)ccc1OC1CC(O)C1. The van der Waals surface area contributed by atoms with Crippen LogP contribution in [0.4, 0.5) is 4.39 Å². The summed E-state index contributed by atoms with van der Waals surface area (Å²) in [5.74, 6) is -2.67. The van der Waals surface area contributed by atoms with Crippen molar-refractivity contribution in [2.24, 2.45) is 5.73 Å². The molecule has 1 saturated carbocycles. The molecule has 5 N–H and O–H groups in total. The van der Waals surface area contributed by atoms with Crippen molar-refractivity contribution < 1.29 is 33.6 Å². The highest BCUT2D eigenvalue weighted by atomic mass is 35.5. The summed E-state index contributed by atoms with van der Waals surface area (Å²) < 4.78 is 31.6. The van der Waals surface area contributed by atoms with Crippen LogP contribution in [-0.2, 0) is 11.4 Å². The molecular formula is C22H25ClFN3O6. The fourth-order valence-electron chi connectivity index (χ4n) is 3.67. The van der Waals surface area contributed by atoms with Gasteiger partial charge in [0.25, 0.3) is 11.8 Å². The number of ether oxygens (including phenoxy) is 3. The van der Waals surface area contributed by atoms with Crippen LogP contribution in [0.25, 0.3) is 0 Å². The predicted octanol–water partition coefficient (Wildman–Crippen LogP) is 1.76. The summed E-state index contributed by atoms with van der Waals surface area (Å²) in [7, 11) is 1.43. The molecule has 178 valence electrons. The number of nitrogens with two attached hydrogens (primary N) is 1. The normalized spacial score (nSPS) is 25.3. The van der Waals surface area contributed by atoms with Crippen molar-refractivity contribution in [3.8, 4) is 17.2 Å². The number of nitrogens with one attached hydrogen (secondary N) is 1. The number of amides is 1. The Balaban J connectivity index is 1.45. The van der Waals surface area contributed by atoms with Gasteiger partial charge in [-0.15, -0.1) is 0 Å². The number of pyridine rings is 1. The molecule has 0 spiro atoms. The fourth-order valence-corrected chi connectivity index (χ4v) is 3.92. The van der Waals surface area contributed by atoms with Crippen LogP contribution in [-0.4, -0.2) is 53.6 Å². The number of rotatable bonds is 7. The number of benzene rings is 1.